The number of nitrogens with zero attached hydrogens (tertiary/aromatic N) is 1. The molecule has 5 nitrogen and oxygen atoms in total. The number of hydrogen-bond donors (Lipinski definition) is 1. The summed E-state index contributed by atoms with van der Waals surface area (Å²) in [6.45, 7) is 3.59. The Labute approximate surface area is 194 Å². The highest BCUT2D eigenvalue weighted by Crippen LogP contribution is 2.52. The van der Waals surface area contributed by atoms with E-state index in [0.29, 0.717) is 6.07 Å². The van der Waals surface area contributed by atoms with Crippen LogP contribution in [0.2, 0.25) is 5.02 Å². The van der Waals surface area contributed by atoms with Gasteiger partial charge in [0.1, 0.15) is 18.4 Å². The molecule has 0 fully saturated rings. The molecular formula is C21H16ClF5N2O3S. The van der Waals surface area contributed by atoms with E-state index in [-0.39, 0.29) is 40.9 Å². The summed E-state index contributed by atoms with van der Waals surface area (Å²) in [5.74, 6) is -2.19. The summed E-state index contributed by atoms with van der Waals surface area (Å²) in [6, 6.07) is 1.42. The van der Waals surface area contributed by atoms with Crippen molar-refractivity contribution in [1.82, 2.24) is 5.32 Å². The van der Waals surface area contributed by atoms with Crippen molar-refractivity contribution in [2.75, 3.05) is 31.1 Å². The maximum atomic E-state index is 14.8. The fourth-order valence-electron chi connectivity index (χ4n) is 3.73. The Morgan fingerprint density at radius 3 is 2.64 bits per heavy atom. The number of amides is 2. The number of methoxy groups -OCH3 is 1. The van der Waals surface area contributed by atoms with Crippen LogP contribution in [0.3, 0.4) is 0 Å². The van der Waals surface area contributed by atoms with Crippen molar-refractivity contribution >= 4 is 40.8 Å². The van der Waals surface area contributed by atoms with Crippen molar-refractivity contribution in [2.45, 2.75) is 17.2 Å². The van der Waals surface area contributed by atoms with Crippen molar-refractivity contribution in [3.63, 3.8) is 0 Å². The lowest BCUT2D eigenvalue weighted by Crippen LogP contribution is -2.47. The zero-order chi connectivity index (χ0) is 24.1. The first kappa shape index (κ1) is 23.8. The number of rotatable bonds is 4. The molecule has 0 unspecified atom stereocenters. The first-order valence-electron chi connectivity index (χ1n) is 9.47. The molecule has 1 N–H and O–H groups in total. The van der Waals surface area contributed by atoms with E-state index in [4.69, 9.17) is 21.1 Å². The molecule has 2 aliphatic heterocycles. The molecule has 0 aliphatic carbocycles. The van der Waals surface area contributed by atoms with Gasteiger partial charge in [0, 0.05) is 46.2 Å². The number of halogens is 6. The average Bonchev–Trinajstić information content (AvgIpc) is 2.93. The van der Waals surface area contributed by atoms with Crippen LogP contribution in [-0.4, -0.2) is 38.3 Å². The van der Waals surface area contributed by atoms with Crippen LogP contribution in [-0.2, 0) is 15.7 Å². The highest BCUT2D eigenvalue weighted by molar-refractivity contribution is 7.99. The van der Waals surface area contributed by atoms with Gasteiger partial charge in [0.15, 0.2) is 0 Å². The fraction of sp³-hybridized carbons (Fsp3) is 0.286. The van der Waals surface area contributed by atoms with E-state index >= 15 is 0 Å². The smallest absolute Gasteiger partial charge is 0.359 e. The van der Waals surface area contributed by atoms with Crippen LogP contribution in [0.1, 0.15) is 11.1 Å². The highest BCUT2D eigenvalue weighted by atomic mass is 35.5. The summed E-state index contributed by atoms with van der Waals surface area (Å²) < 4.78 is 81.6. The Morgan fingerprint density at radius 2 is 1.97 bits per heavy atom. The Morgan fingerprint density at radius 1 is 1.24 bits per heavy atom. The Bertz CT molecular complexity index is 1160. The molecule has 0 spiro atoms. The van der Waals surface area contributed by atoms with Gasteiger partial charge in [-0.3, -0.25) is 4.90 Å². The number of carbonyl (C=O) groups is 1. The van der Waals surface area contributed by atoms with Gasteiger partial charge >= 0.3 is 12.2 Å². The lowest BCUT2D eigenvalue weighted by atomic mass is 9.92. The second-order valence-electron chi connectivity index (χ2n) is 7.29. The minimum absolute atomic E-state index is 0.00688. The largest absolute Gasteiger partial charge is 0.417 e. The van der Waals surface area contributed by atoms with Gasteiger partial charge in [-0.15, -0.1) is 11.8 Å². The van der Waals surface area contributed by atoms with Crippen LogP contribution < -0.4 is 10.2 Å². The fourth-order valence-corrected chi connectivity index (χ4v) is 5.17. The summed E-state index contributed by atoms with van der Waals surface area (Å²) >= 11 is 6.75. The predicted octanol–water partition coefficient (Wildman–Crippen LogP) is 5.90. The van der Waals surface area contributed by atoms with Gasteiger partial charge in [-0.25, -0.2) is 13.6 Å². The Balaban J connectivity index is 2.04. The molecule has 2 aliphatic rings. The molecule has 1 atom stereocenters. The number of alkyl halides is 3. The lowest BCUT2D eigenvalue weighted by molar-refractivity contribution is -0.137. The zero-order valence-corrected chi connectivity index (χ0v) is 18.6. The van der Waals surface area contributed by atoms with Crippen LogP contribution in [0.25, 0.3) is 16.8 Å². The molecule has 33 heavy (non-hydrogen) atoms. The van der Waals surface area contributed by atoms with E-state index in [1.165, 1.54) is 12.0 Å². The monoisotopic (exact) mass is 506 g/mol. The van der Waals surface area contributed by atoms with Gasteiger partial charge in [-0.1, -0.05) is 18.2 Å². The highest BCUT2D eigenvalue weighted by Gasteiger charge is 2.42. The molecular weight excluding hydrogens is 491 g/mol. The van der Waals surface area contributed by atoms with Gasteiger partial charge in [-0.05, 0) is 12.1 Å². The summed E-state index contributed by atoms with van der Waals surface area (Å²) in [4.78, 5) is 14.0. The second kappa shape index (κ2) is 8.79. The number of hydrogen-bond acceptors (Lipinski definition) is 4. The van der Waals surface area contributed by atoms with Gasteiger partial charge < -0.3 is 14.8 Å². The molecule has 176 valence electrons. The van der Waals surface area contributed by atoms with E-state index in [1.807, 2.05) is 0 Å². The molecule has 12 heteroatoms. The van der Waals surface area contributed by atoms with Crippen molar-refractivity contribution in [1.29, 1.82) is 0 Å². The minimum atomic E-state index is -4.90. The molecule has 0 radical (unpaired) electrons. The number of carbonyl (C=O) groups excluding carboxylic acids is 1. The minimum Gasteiger partial charge on any atom is -0.359 e. The van der Waals surface area contributed by atoms with Crippen LogP contribution in [0, 0.1) is 11.6 Å². The van der Waals surface area contributed by atoms with Crippen LogP contribution >= 0.6 is 23.4 Å². The number of anilines is 1. The molecule has 0 saturated heterocycles. The molecule has 2 amide bonds. The van der Waals surface area contributed by atoms with Crippen LogP contribution in [0.4, 0.5) is 32.4 Å². The van der Waals surface area contributed by atoms with Gasteiger partial charge in [0.25, 0.3) is 0 Å². The molecule has 0 saturated carbocycles. The lowest BCUT2D eigenvalue weighted by Gasteiger charge is -2.34. The van der Waals surface area contributed by atoms with E-state index in [2.05, 4.69) is 11.9 Å². The molecule has 0 aromatic heterocycles. The van der Waals surface area contributed by atoms with Crippen LogP contribution in [0.15, 0.2) is 29.7 Å². The number of nitrogens with one attached hydrogen (secondary N) is 1. The predicted molar refractivity (Wildman–Crippen MR) is 114 cm³/mol. The first-order valence-corrected chi connectivity index (χ1v) is 10.8. The molecule has 2 aromatic rings. The van der Waals surface area contributed by atoms with Crippen molar-refractivity contribution in [3.8, 4) is 11.1 Å². The SMILES string of the molecule is C=C1NC(=O)N2C[C@@H](OCOC)CSc3c(-c4cc(Cl)c(F)cc4F)c(C(F)(F)F)cc1c32. The standard InChI is InChI=1S/C21H16ClF5N2O3S/c1-9-11-3-13(21(25,26)27)17(12-4-14(22)16(24)5-15(12)23)19-18(11)29(20(30)28-9)6-10(7-33-19)32-8-31-2/h3-5,10H,1,6-8H2,2H3,(H,28,30)/t10-/m1/s1. The number of thioether (sulfide) groups is 1. The van der Waals surface area contributed by atoms with Gasteiger partial charge in [0.2, 0.25) is 0 Å². The second-order valence-corrected chi connectivity index (χ2v) is 8.73. The summed E-state index contributed by atoms with van der Waals surface area (Å²) in [5.41, 5.74) is -2.09. The number of ether oxygens (including phenoxy) is 2. The summed E-state index contributed by atoms with van der Waals surface area (Å²) in [6.07, 6.45) is -5.50. The topological polar surface area (TPSA) is 50.8 Å². The van der Waals surface area contributed by atoms with Gasteiger partial charge in [0.05, 0.1) is 28.9 Å². The normalized spacial score (nSPS) is 18.2. The maximum absolute atomic E-state index is 14.8. The Kier molecular flexibility index (Phi) is 6.34. The number of benzene rings is 2. The van der Waals surface area contributed by atoms with Crippen molar-refractivity contribution < 1.29 is 36.2 Å². The van der Waals surface area contributed by atoms with Crippen molar-refractivity contribution in [2.24, 2.45) is 0 Å². The molecule has 2 aromatic carbocycles. The molecule has 2 heterocycles. The summed E-state index contributed by atoms with van der Waals surface area (Å²) in [5, 5.41) is 1.91. The Hall–Kier alpha value is -2.34. The van der Waals surface area contributed by atoms with E-state index in [9.17, 15) is 26.7 Å². The van der Waals surface area contributed by atoms with E-state index < -0.39 is 51.7 Å². The molecule has 0 bridgehead atoms. The summed E-state index contributed by atoms with van der Waals surface area (Å²) in [7, 11) is 1.41. The van der Waals surface area contributed by atoms with Crippen LogP contribution in [0.5, 0.6) is 0 Å². The van der Waals surface area contributed by atoms with Crippen molar-refractivity contribution in [3.05, 3.63) is 52.6 Å². The third-order valence-electron chi connectivity index (χ3n) is 5.16. The maximum Gasteiger partial charge on any atom is 0.417 e. The quantitative estimate of drug-likeness (QED) is 0.319. The third kappa shape index (κ3) is 4.30. The molecule has 4 rings (SSSR count). The van der Waals surface area contributed by atoms with E-state index in [1.54, 1.807) is 0 Å². The average molecular weight is 507 g/mol. The number of urea groups is 1. The van der Waals surface area contributed by atoms with Gasteiger partial charge in [-0.2, -0.15) is 13.2 Å². The third-order valence-corrected chi connectivity index (χ3v) is 6.67. The first-order chi connectivity index (χ1) is 15.5. The zero-order valence-electron chi connectivity index (χ0n) is 17.0. The van der Waals surface area contributed by atoms with E-state index in [0.717, 1.165) is 23.9 Å².